The number of hydrogen-bond donors (Lipinski definition) is 1. The number of nitrogens with zero attached hydrogens (tertiary/aromatic N) is 4. The maximum Gasteiger partial charge on any atom is 0.107 e. The Balaban J connectivity index is 1.70. The van der Waals surface area contributed by atoms with Crippen LogP contribution < -0.4 is 5.32 Å². The van der Waals surface area contributed by atoms with Crippen LogP contribution in [0.4, 0.5) is 0 Å². The van der Waals surface area contributed by atoms with Crippen LogP contribution in [-0.2, 0) is 13.5 Å². The Labute approximate surface area is 113 Å². The van der Waals surface area contributed by atoms with Gasteiger partial charge in [0.1, 0.15) is 5.69 Å². The van der Waals surface area contributed by atoms with Gasteiger partial charge in [0.05, 0.1) is 17.6 Å². The summed E-state index contributed by atoms with van der Waals surface area (Å²) >= 11 is 0. The molecule has 0 unspecified atom stereocenters. The van der Waals surface area contributed by atoms with Crippen LogP contribution in [0, 0.1) is 5.92 Å². The van der Waals surface area contributed by atoms with Gasteiger partial charge in [0.25, 0.3) is 0 Å². The molecule has 0 aromatic carbocycles. The second-order valence-electron chi connectivity index (χ2n) is 5.15. The maximum absolute atomic E-state index is 4.54. The molecule has 0 radical (unpaired) electrons. The molecule has 3 heterocycles. The van der Waals surface area contributed by atoms with Gasteiger partial charge < -0.3 is 5.32 Å². The van der Waals surface area contributed by atoms with Crippen molar-refractivity contribution in [3.63, 3.8) is 0 Å². The summed E-state index contributed by atoms with van der Waals surface area (Å²) in [6, 6.07) is 1.95. The molecule has 2 aromatic rings. The van der Waals surface area contributed by atoms with Crippen molar-refractivity contribution in [1.29, 1.82) is 0 Å². The zero-order valence-electron chi connectivity index (χ0n) is 11.2. The fourth-order valence-electron chi connectivity index (χ4n) is 2.61. The SMILES string of the molecule is Cn1nccc1-c1cnc(C[C@H]2CCCNC2)cn1. The first-order valence-electron chi connectivity index (χ1n) is 6.83. The molecule has 1 fully saturated rings. The summed E-state index contributed by atoms with van der Waals surface area (Å²) < 4.78 is 1.81. The summed E-state index contributed by atoms with van der Waals surface area (Å²) in [5.74, 6) is 0.700. The van der Waals surface area contributed by atoms with Crippen LogP contribution in [0.15, 0.2) is 24.7 Å². The van der Waals surface area contributed by atoms with Gasteiger partial charge in [-0.25, -0.2) is 0 Å². The molecule has 1 aliphatic rings. The minimum Gasteiger partial charge on any atom is -0.316 e. The van der Waals surface area contributed by atoms with E-state index >= 15 is 0 Å². The first kappa shape index (κ1) is 12.3. The number of aryl methyl sites for hydroxylation is 1. The quantitative estimate of drug-likeness (QED) is 0.903. The van der Waals surface area contributed by atoms with Crippen LogP contribution in [-0.4, -0.2) is 32.8 Å². The van der Waals surface area contributed by atoms with Gasteiger partial charge in [0.15, 0.2) is 0 Å². The largest absolute Gasteiger partial charge is 0.316 e. The normalized spacial score (nSPS) is 19.5. The van der Waals surface area contributed by atoms with Crippen LogP contribution >= 0.6 is 0 Å². The second kappa shape index (κ2) is 5.48. The molecule has 3 rings (SSSR count). The van der Waals surface area contributed by atoms with Crippen LogP contribution in [0.1, 0.15) is 18.5 Å². The third-order valence-corrected chi connectivity index (χ3v) is 3.69. The first-order chi connectivity index (χ1) is 9.33. The number of nitrogens with one attached hydrogen (secondary N) is 1. The van der Waals surface area contributed by atoms with E-state index in [1.54, 1.807) is 6.20 Å². The van der Waals surface area contributed by atoms with Gasteiger partial charge in [-0.05, 0) is 44.3 Å². The molecule has 0 aliphatic carbocycles. The minimum atomic E-state index is 0.700. The van der Waals surface area contributed by atoms with Gasteiger partial charge in [-0.1, -0.05) is 0 Å². The molecule has 1 saturated heterocycles. The lowest BCUT2D eigenvalue weighted by Crippen LogP contribution is -2.31. The molecule has 0 amide bonds. The third-order valence-electron chi connectivity index (χ3n) is 3.69. The molecular weight excluding hydrogens is 238 g/mol. The molecule has 1 aliphatic heterocycles. The maximum atomic E-state index is 4.54. The van der Waals surface area contributed by atoms with E-state index in [1.165, 1.54) is 12.8 Å². The summed E-state index contributed by atoms with van der Waals surface area (Å²) in [4.78, 5) is 9.04. The molecular formula is C14H19N5. The monoisotopic (exact) mass is 257 g/mol. The Morgan fingerprint density at radius 2 is 2.32 bits per heavy atom. The Morgan fingerprint density at radius 3 is 2.95 bits per heavy atom. The van der Waals surface area contributed by atoms with Crippen molar-refractivity contribution in [1.82, 2.24) is 25.1 Å². The zero-order chi connectivity index (χ0) is 13.1. The molecule has 5 heteroatoms. The summed E-state index contributed by atoms with van der Waals surface area (Å²) in [6.07, 6.45) is 9.10. The van der Waals surface area contributed by atoms with Crippen LogP contribution in [0.3, 0.4) is 0 Å². The third kappa shape index (κ3) is 2.81. The molecule has 1 atom stereocenters. The van der Waals surface area contributed by atoms with Gasteiger partial charge in [-0.3, -0.25) is 14.6 Å². The summed E-state index contributed by atoms with van der Waals surface area (Å²) in [6.45, 7) is 2.26. The average Bonchev–Trinajstić information content (AvgIpc) is 2.87. The van der Waals surface area contributed by atoms with E-state index in [-0.39, 0.29) is 0 Å². The minimum absolute atomic E-state index is 0.700. The number of hydrogen-bond acceptors (Lipinski definition) is 4. The average molecular weight is 257 g/mol. The topological polar surface area (TPSA) is 55.6 Å². The standard InChI is InChI=1S/C14H19N5/c1-19-14(4-6-18-19)13-10-16-12(9-17-13)7-11-3-2-5-15-8-11/h4,6,9-11,15H,2-3,5,7-8H2,1H3/t11-/m1/s1. The molecule has 0 bridgehead atoms. The van der Waals surface area contributed by atoms with Crippen molar-refractivity contribution >= 4 is 0 Å². The fraction of sp³-hybridized carbons (Fsp3) is 0.500. The van der Waals surface area contributed by atoms with E-state index in [4.69, 9.17) is 0 Å². The Bertz CT molecular complexity index is 525. The van der Waals surface area contributed by atoms with Gasteiger partial charge in [0.2, 0.25) is 0 Å². The Morgan fingerprint density at radius 1 is 1.37 bits per heavy atom. The van der Waals surface area contributed by atoms with Crippen molar-refractivity contribution in [3.8, 4) is 11.4 Å². The zero-order valence-corrected chi connectivity index (χ0v) is 11.2. The number of aromatic nitrogens is 4. The summed E-state index contributed by atoms with van der Waals surface area (Å²) in [5, 5.41) is 7.59. The molecule has 0 saturated carbocycles. The molecule has 5 nitrogen and oxygen atoms in total. The number of rotatable bonds is 3. The van der Waals surface area contributed by atoms with E-state index < -0.39 is 0 Å². The van der Waals surface area contributed by atoms with Gasteiger partial charge in [0, 0.05) is 19.4 Å². The molecule has 2 aromatic heterocycles. The summed E-state index contributed by atoms with van der Waals surface area (Å²) in [7, 11) is 1.92. The van der Waals surface area contributed by atoms with E-state index in [9.17, 15) is 0 Å². The van der Waals surface area contributed by atoms with E-state index in [0.717, 1.165) is 36.6 Å². The lowest BCUT2D eigenvalue weighted by atomic mass is 9.95. The predicted molar refractivity (Wildman–Crippen MR) is 73.5 cm³/mol. The smallest absolute Gasteiger partial charge is 0.107 e. The van der Waals surface area contributed by atoms with Crippen molar-refractivity contribution in [2.24, 2.45) is 13.0 Å². The van der Waals surface area contributed by atoms with Crippen molar-refractivity contribution in [3.05, 3.63) is 30.4 Å². The molecule has 1 N–H and O–H groups in total. The van der Waals surface area contributed by atoms with Crippen molar-refractivity contribution < 1.29 is 0 Å². The van der Waals surface area contributed by atoms with Crippen LogP contribution in [0.2, 0.25) is 0 Å². The van der Waals surface area contributed by atoms with Gasteiger partial charge in [-0.2, -0.15) is 5.10 Å². The summed E-state index contributed by atoms with van der Waals surface area (Å²) in [5.41, 5.74) is 2.96. The van der Waals surface area contributed by atoms with Crippen molar-refractivity contribution in [2.45, 2.75) is 19.3 Å². The molecule has 0 spiro atoms. The molecule has 100 valence electrons. The highest BCUT2D eigenvalue weighted by atomic mass is 15.3. The van der Waals surface area contributed by atoms with Crippen molar-refractivity contribution in [2.75, 3.05) is 13.1 Å². The second-order valence-corrected chi connectivity index (χ2v) is 5.15. The lowest BCUT2D eigenvalue weighted by Gasteiger charge is -2.22. The first-order valence-corrected chi connectivity index (χ1v) is 6.83. The Kier molecular flexibility index (Phi) is 3.55. The Hall–Kier alpha value is -1.75. The predicted octanol–water partition coefficient (Wildman–Crippen LogP) is 1.42. The molecule has 19 heavy (non-hydrogen) atoms. The van der Waals surface area contributed by atoms with Crippen LogP contribution in [0.25, 0.3) is 11.4 Å². The van der Waals surface area contributed by atoms with E-state index in [2.05, 4.69) is 20.4 Å². The van der Waals surface area contributed by atoms with E-state index in [0.29, 0.717) is 5.92 Å². The fourth-order valence-corrected chi connectivity index (χ4v) is 2.61. The number of piperidine rings is 1. The van der Waals surface area contributed by atoms with E-state index in [1.807, 2.05) is 30.2 Å². The van der Waals surface area contributed by atoms with Gasteiger partial charge >= 0.3 is 0 Å². The van der Waals surface area contributed by atoms with Crippen LogP contribution in [0.5, 0.6) is 0 Å². The highest BCUT2D eigenvalue weighted by Gasteiger charge is 2.14. The highest BCUT2D eigenvalue weighted by Crippen LogP contribution is 2.17. The highest BCUT2D eigenvalue weighted by molar-refractivity contribution is 5.52. The van der Waals surface area contributed by atoms with Gasteiger partial charge in [-0.15, -0.1) is 0 Å². The lowest BCUT2D eigenvalue weighted by molar-refractivity contribution is 0.373.